The van der Waals surface area contributed by atoms with Crippen molar-refractivity contribution in [2.45, 2.75) is 37.4 Å². The van der Waals surface area contributed by atoms with Crippen molar-refractivity contribution in [1.82, 2.24) is 4.98 Å². The second kappa shape index (κ2) is 5.17. The molecule has 1 saturated carbocycles. The molecule has 0 unspecified atom stereocenters. The molecule has 2 rings (SSSR count). The molecule has 0 atom stereocenters. The molecule has 0 saturated heterocycles. The van der Waals surface area contributed by atoms with Gasteiger partial charge in [0.2, 0.25) is 0 Å². The molecule has 0 radical (unpaired) electrons. The van der Waals surface area contributed by atoms with Gasteiger partial charge in [-0.05, 0) is 37.7 Å². The van der Waals surface area contributed by atoms with Crippen molar-refractivity contribution in [3.05, 3.63) is 17.8 Å². The summed E-state index contributed by atoms with van der Waals surface area (Å²) in [5.41, 5.74) is 7.56. The zero-order chi connectivity index (χ0) is 12.3. The molecule has 1 fully saturated rings. The second-order valence-electron chi connectivity index (χ2n) is 4.88. The minimum Gasteiger partial charge on any atom is -0.397 e. The number of nitrogens with zero attached hydrogens (tertiary/aromatic N) is 1. The predicted octanol–water partition coefficient (Wildman–Crippen LogP) is 3.06. The number of nitrogen functional groups attached to an aromatic ring is 1. The van der Waals surface area contributed by atoms with Crippen LogP contribution in [0.1, 0.15) is 31.2 Å². The molecule has 0 amide bonds. The lowest BCUT2D eigenvalue weighted by Crippen LogP contribution is -2.30. The van der Waals surface area contributed by atoms with Gasteiger partial charge in [0, 0.05) is 11.3 Å². The standard InChI is InChI=1S/C13H21N3S/c1-10-7-11(14)8-15-12(10)16-9-13(17-2)5-3-4-6-13/h7-8H,3-6,9,14H2,1-2H3,(H,15,16). The van der Waals surface area contributed by atoms with E-state index in [4.69, 9.17) is 5.73 Å². The van der Waals surface area contributed by atoms with Gasteiger partial charge >= 0.3 is 0 Å². The smallest absolute Gasteiger partial charge is 0.129 e. The van der Waals surface area contributed by atoms with Crippen molar-refractivity contribution in [3.63, 3.8) is 0 Å². The zero-order valence-corrected chi connectivity index (χ0v) is 11.4. The van der Waals surface area contributed by atoms with Crippen LogP contribution in [0, 0.1) is 6.92 Å². The molecule has 3 N–H and O–H groups in total. The summed E-state index contributed by atoms with van der Waals surface area (Å²) in [5, 5.41) is 3.49. The van der Waals surface area contributed by atoms with Crippen molar-refractivity contribution in [2.75, 3.05) is 23.9 Å². The van der Waals surface area contributed by atoms with E-state index in [2.05, 4.69) is 16.6 Å². The first-order valence-electron chi connectivity index (χ1n) is 6.16. The van der Waals surface area contributed by atoms with E-state index in [0.717, 1.165) is 23.6 Å². The highest BCUT2D eigenvalue weighted by molar-refractivity contribution is 8.00. The number of thioether (sulfide) groups is 1. The lowest BCUT2D eigenvalue weighted by molar-refractivity contribution is 0.638. The van der Waals surface area contributed by atoms with E-state index >= 15 is 0 Å². The van der Waals surface area contributed by atoms with Crippen molar-refractivity contribution in [1.29, 1.82) is 0 Å². The van der Waals surface area contributed by atoms with Gasteiger partial charge in [0.05, 0.1) is 11.9 Å². The lowest BCUT2D eigenvalue weighted by atomic mass is 10.1. The molecule has 1 aliphatic carbocycles. The van der Waals surface area contributed by atoms with Crippen LogP contribution in [0.2, 0.25) is 0 Å². The summed E-state index contributed by atoms with van der Waals surface area (Å²) in [4.78, 5) is 4.36. The van der Waals surface area contributed by atoms with Crippen LogP contribution in [-0.2, 0) is 0 Å². The minimum atomic E-state index is 0.412. The number of aromatic nitrogens is 1. The van der Waals surface area contributed by atoms with Gasteiger partial charge in [0.25, 0.3) is 0 Å². The number of hydrogen-bond acceptors (Lipinski definition) is 4. The first kappa shape index (κ1) is 12.6. The molecular weight excluding hydrogens is 230 g/mol. The van der Waals surface area contributed by atoms with E-state index in [1.165, 1.54) is 25.7 Å². The van der Waals surface area contributed by atoms with E-state index in [1.54, 1.807) is 6.20 Å². The Labute approximate surface area is 108 Å². The second-order valence-corrected chi connectivity index (χ2v) is 6.16. The fraction of sp³-hybridized carbons (Fsp3) is 0.615. The number of hydrogen-bond donors (Lipinski definition) is 2. The number of rotatable bonds is 4. The highest BCUT2D eigenvalue weighted by Gasteiger charge is 2.32. The molecule has 17 heavy (non-hydrogen) atoms. The molecule has 0 aromatic carbocycles. The van der Waals surface area contributed by atoms with Crippen LogP contribution >= 0.6 is 11.8 Å². The molecular formula is C13H21N3S. The summed E-state index contributed by atoms with van der Waals surface area (Å²) >= 11 is 1.99. The van der Waals surface area contributed by atoms with Crippen molar-refractivity contribution in [2.24, 2.45) is 0 Å². The number of aryl methyl sites for hydroxylation is 1. The number of anilines is 2. The van der Waals surface area contributed by atoms with Crippen LogP contribution in [0.4, 0.5) is 11.5 Å². The third-order valence-electron chi connectivity index (χ3n) is 3.63. The Morgan fingerprint density at radius 1 is 1.47 bits per heavy atom. The maximum absolute atomic E-state index is 5.70. The summed E-state index contributed by atoms with van der Waals surface area (Å²) in [6.45, 7) is 3.05. The third kappa shape index (κ3) is 2.86. The van der Waals surface area contributed by atoms with Crippen LogP contribution in [0.25, 0.3) is 0 Å². The van der Waals surface area contributed by atoms with E-state index < -0.39 is 0 Å². The largest absolute Gasteiger partial charge is 0.397 e. The van der Waals surface area contributed by atoms with E-state index in [9.17, 15) is 0 Å². The van der Waals surface area contributed by atoms with Gasteiger partial charge in [-0.1, -0.05) is 12.8 Å². The average Bonchev–Trinajstić information content (AvgIpc) is 2.77. The van der Waals surface area contributed by atoms with Crippen LogP contribution in [0.5, 0.6) is 0 Å². The molecule has 0 aliphatic heterocycles. The van der Waals surface area contributed by atoms with Gasteiger partial charge in [0.1, 0.15) is 5.82 Å². The molecule has 4 heteroatoms. The van der Waals surface area contributed by atoms with Gasteiger partial charge in [-0.15, -0.1) is 0 Å². The summed E-state index contributed by atoms with van der Waals surface area (Å²) in [5.74, 6) is 0.972. The van der Waals surface area contributed by atoms with Gasteiger partial charge in [-0.3, -0.25) is 0 Å². The fourth-order valence-electron chi connectivity index (χ4n) is 2.50. The Balaban J connectivity index is 2.01. The molecule has 94 valence electrons. The van der Waals surface area contributed by atoms with E-state index in [1.807, 2.05) is 24.8 Å². The molecule has 0 spiro atoms. The Hall–Kier alpha value is -0.900. The minimum absolute atomic E-state index is 0.412. The first-order chi connectivity index (χ1) is 8.15. The number of pyridine rings is 1. The molecule has 0 bridgehead atoms. The van der Waals surface area contributed by atoms with E-state index in [0.29, 0.717) is 4.75 Å². The van der Waals surface area contributed by atoms with Gasteiger partial charge in [0.15, 0.2) is 0 Å². The Morgan fingerprint density at radius 2 is 2.18 bits per heavy atom. The van der Waals surface area contributed by atoms with Gasteiger partial charge in [-0.25, -0.2) is 4.98 Å². The highest BCUT2D eigenvalue weighted by Crippen LogP contribution is 2.40. The first-order valence-corrected chi connectivity index (χ1v) is 7.39. The lowest BCUT2D eigenvalue weighted by Gasteiger charge is -2.27. The van der Waals surface area contributed by atoms with Crippen molar-refractivity contribution < 1.29 is 0 Å². The molecule has 3 nitrogen and oxygen atoms in total. The molecule has 1 aliphatic rings. The molecule has 1 heterocycles. The molecule has 1 aromatic heterocycles. The van der Waals surface area contributed by atoms with Crippen LogP contribution < -0.4 is 11.1 Å². The summed E-state index contributed by atoms with van der Waals surface area (Å²) in [7, 11) is 0. The molecule has 1 aromatic rings. The monoisotopic (exact) mass is 251 g/mol. The number of nitrogens with one attached hydrogen (secondary N) is 1. The average molecular weight is 251 g/mol. The van der Waals surface area contributed by atoms with Crippen molar-refractivity contribution in [3.8, 4) is 0 Å². The maximum atomic E-state index is 5.70. The summed E-state index contributed by atoms with van der Waals surface area (Å²) in [6.07, 6.45) is 9.28. The van der Waals surface area contributed by atoms with Crippen molar-refractivity contribution >= 4 is 23.3 Å². The SMILES string of the molecule is CSC1(CNc2ncc(N)cc2C)CCCC1. The Kier molecular flexibility index (Phi) is 3.82. The topological polar surface area (TPSA) is 50.9 Å². The Morgan fingerprint density at radius 3 is 2.76 bits per heavy atom. The van der Waals surface area contributed by atoms with Gasteiger partial charge in [-0.2, -0.15) is 11.8 Å². The Bertz CT molecular complexity index is 386. The summed E-state index contributed by atoms with van der Waals surface area (Å²) < 4.78 is 0.412. The quantitative estimate of drug-likeness (QED) is 0.863. The number of nitrogens with two attached hydrogens (primary N) is 1. The van der Waals surface area contributed by atoms with Crippen LogP contribution in [0.3, 0.4) is 0 Å². The predicted molar refractivity (Wildman–Crippen MR) is 76.6 cm³/mol. The van der Waals surface area contributed by atoms with E-state index in [-0.39, 0.29) is 0 Å². The fourth-order valence-corrected chi connectivity index (χ4v) is 3.41. The third-order valence-corrected chi connectivity index (χ3v) is 5.04. The van der Waals surface area contributed by atoms with Gasteiger partial charge < -0.3 is 11.1 Å². The maximum Gasteiger partial charge on any atom is 0.129 e. The highest BCUT2D eigenvalue weighted by atomic mass is 32.2. The summed E-state index contributed by atoms with van der Waals surface area (Å²) in [6, 6.07) is 1.97. The van der Waals surface area contributed by atoms with Crippen LogP contribution in [0.15, 0.2) is 12.3 Å². The zero-order valence-electron chi connectivity index (χ0n) is 10.6. The van der Waals surface area contributed by atoms with Crippen LogP contribution in [-0.4, -0.2) is 22.5 Å². The normalized spacial score (nSPS) is 18.2.